The third-order valence-electron chi connectivity index (χ3n) is 6.35. The molecule has 2 unspecified atom stereocenters. The molecule has 0 spiro atoms. The molecule has 2 atom stereocenters. The minimum atomic E-state index is 0.282. The van der Waals surface area contributed by atoms with E-state index in [2.05, 4.69) is 13.8 Å². The Morgan fingerprint density at radius 1 is 1.05 bits per heavy atom. The Kier molecular flexibility index (Phi) is 4.42. The van der Waals surface area contributed by atoms with Gasteiger partial charge in [-0.05, 0) is 74.0 Å². The molecule has 0 radical (unpaired) electrons. The number of ether oxygens (including phenoxy) is 1. The smallest absolute Gasteiger partial charge is 0.0623 e. The fraction of sp³-hybridized carbons (Fsp3) is 1.00. The molecule has 4 bridgehead atoms. The topological polar surface area (TPSA) is 35.2 Å². The number of hydrogen-bond donors (Lipinski definition) is 1. The molecule has 0 aromatic carbocycles. The van der Waals surface area contributed by atoms with Crippen molar-refractivity contribution in [2.45, 2.75) is 71.3 Å². The van der Waals surface area contributed by atoms with Crippen molar-refractivity contribution in [2.75, 3.05) is 13.2 Å². The zero-order chi connectivity index (χ0) is 14.2. The zero-order valence-electron chi connectivity index (χ0n) is 13.4. The second kappa shape index (κ2) is 5.96. The second-order valence-electron chi connectivity index (χ2n) is 8.32. The summed E-state index contributed by atoms with van der Waals surface area (Å²) in [6.45, 7) is 6.23. The Morgan fingerprint density at radius 2 is 1.60 bits per heavy atom. The van der Waals surface area contributed by atoms with Gasteiger partial charge in [0, 0.05) is 12.6 Å². The summed E-state index contributed by atoms with van der Waals surface area (Å²) in [5.74, 6) is 3.66. The third-order valence-corrected chi connectivity index (χ3v) is 6.35. The lowest BCUT2D eigenvalue weighted by atomic mass is 9.48. The van der Waals surface area contributed by atoms with Crippen LogP contribution in [-0.2, 0) is 4.74 Å². The lowest BCUT2D eigenvalue weighted by Gasteiger charge is -2.58. The maximum Gasteiger partial charge on any atom is 0.0623 e. The van der Waals surface area contributed by atoms with E-state index in [4.69, 9.17) is 10.5 Å². The fourth-order valence-electron chi connectivity index (χ4n) is 5.78. The molecular weight excluding hydrogens is 246 g/mol. The van der Waals surface area contributed by atoms with Gasteiger partial charge in [0.25, 0.3) is 0 Å². The molecule has 0 aliphatic heterocycles. The van der Waals surface area contributed by atoms with E-state index in [1.165, 1.54) is 51.4 Å². The first-order valence-corrected chi connectivity index (χ1v) is 8.94. The van der Waals surface area contributed by atoms with Crippen LogP contribution in [0.5, 0.6) is 0 Å². The van der Waals surface area contributed by atoms with Gasteiger partial charge in [0.2, 0.25) is 0 Å². The molecule has 4 aliphatic carbocycles. The molecule has 4 saturated carbocycles. The summed E-state index contributed by atoms with van der Waals surface area (Å²) in [5.41, 5.74) is 7.06. The molecule has 0 aromatic rings. The van der Waals surface area contributed by atoms with Gasteiger partial charge >= 0.3 is 0 Å². The van der Waals surface area contributed by atoms with Crippen LogP contribution in [-0.4, -0.2) is 19.3 Å². The zero-order valence-corrected chi connectivity index (χ0v) is 13.4. The summed E-state index contributed by atoms with van der Waals surface area (Å²) in [5, 5.41) is 0. The van der Waals surface area contributed by atoms with Crippen molar-refractivity contribution in [1.82, 2.24) is 0 Å². The van der Waals surface area contributed by atoms with Gasteiger partial charge in [0.1, 0.15) is 0 Å². The Morgan fingerprint density at radius 3 is 2.10 bits per heavy atom. The van der Waals surface area contributed by atoms with E-state index in [0.717, 1.165) is 31.0 Å². The summed E-state index contributed by atoms with van der Waals surface area (Å²) >= 11 is 0. The fourth-order valence-corrected chi connectivity index (χ4v) is 5.78. The highest BCUT2D eigenvalue weighted by Gasteiger charge is 2.53. The second-order valence-corrected chi connectivity index (χ2v) is 8.32. The molecule has 4 rings (SSSR count). The predicted molar refractivity (Wildman–Crippen MR) is 83.5 cm³/mol. The standard InChI is InChI=1S/C18H33NO/c1-3-4-13(2)11-20-12-17(19)18-8-14-5-15(9-18)7-16(6-14)10-18/h13-17H,3-12,19H2,1-2H3. The quantitative estimate of drug-likeness (QED) is 0.765. The van der Waals surface area contributed by atoms with E-state index in [1.807, 2.05) is 0 Å². The summed E-state index contributed by atoms with van der Waals surface area (Å²) in [6, 6.07) is 0.282. The van der Waals surface area contributed by atoms with Crippen LogP contribution in [0.4, 0.5) is 0 Å². The summed E-state index contributed by atoms with van der Waals surface area (Å²) in [7, 11) is 0. The molecule has 0 aromatic heterocycles. The van der Waals surface area contributed by atoms with Crippen LogP contribution in [0.2, 0.25) is 0 Å². The van der Waals surface area contributed by atoms with Gasteiger partial charge in [-0.1, -0.05) is 20.3 Å². The maximum absolute atomic E-state index is 6.61. The van der Waals surface area contributed by atoms with Crippen LogP contribution in [0.1, 0.15) is 65.2 Å². The van der Waals surface area contributed by atoms with Gasteiger partial charge in [-0.25, -0.2) is 0 Å². The molecule has 2 heteroatoms. The largest absolute Gasteiger partial charge is 0.380 e. The monoisotopic (exact) mass is 279 g/mol. The normalized spacial score (nSPS) is 41.9. The van der Waals surface area contributed by atoms with Crippen molar-refractivity contribution in [1.29, 1.82) is 0 Å². The minimum absolute atomic E-state index is 0.282. The lowest BCUT2D eigenvalue weighted by Crippen LogP contribution is -2.56. The molecule has 4 fully saturated rings. The first-order chi connectivity index (χ1) is 9.61. The summed E-state index contributed by atoms with van der Waals surface area (Å²) in [4.78, 5) is 0. The first-order valence-electron chi connectivity index (χ1n) is 8.94. The van der Waals surface area contributed by atoms with Crippen LogP contribution < -0.4 is 5.73 Å². The molecule has 0 heterocycles. The van der Waals surface area contributed by atoms with E-state index >= 15 is 0 Å². The van der Waals surface area contributed by atoms with Crippen molar-refractivity contribution in [3.05, 3.63) is 0 Å². The Hall–Kier alpha value is -0.0800. The van der Waals surface area contributed by atoms with Gasteiger partial charge in [-0.2, -0.15) is 0 Å². The van der Waals surface area contributed by atoms with Crippen molar-refractivity contribution >= 4 is 0 Å². The third kappa shape index (κ3) is 2.92. The molecular formula is C18H33NO. The van der Waals surface area contributed by atoms with Gasteiger partial charge < -0.3 is 10.5 Å². The van der Waals surface area contributed by atoms with Gasteiger partial charge in [0.15, 0.2) is 0 Å². The highest BCUT2D eigenvalue weighted by molar-refractivity contribution is 5.05. The molecule has 0 amide bonds. The van der Waals surface area contributed by atoms with Gasteiger partial charge in [-0.3, -0.25) is 0 Å². The SMILES string of the molecule is CCCC(C)COCC(N)C12CC3CC(CC(C3)C1)C2. The lowest BCUT2D eigenvalue weighted by molar-refractivity contribution is -0.0821. The molecule has 2 N–H and O–H groups in total. The Balaban J connectivity index is 1.51. The first kappa shape index (κ1) is 14.8. The highest BCUT2D eigenvalue weighted by atomic mass is 16.5. The van der Waals surface area contributed by atoms with E-state index in [0.29, 0.717) is 11.3 Å². The van der Waals surface area contributed by atoms with Crippen molar-refractivity contribution < 1.29 is 4.74 Å². The highest BCUT2D eigenvalue weighted by Crippen LogP contribution is 2.60. The van der Waals surface area contributed by atoms with Crippen LogP contribution in [0.15, 0.2) is 0 Å². The predicted octanol–water partition coefficient (Wildman–Crippen LogP) is 3.98. The summed E-state index contributed by atoms with van der Waals surface area (Å²) in [6.07, 6.45) is 11.2. The molecule has 20 heavy (non-hydrogen) atoms. The maximum atomic E-state index is 6.61. The minimum Gasteiger partial charge on any atom is -0.380 e. The van der Waals surface area contributed by atoms with E-state index in [9.17, 15) is 0 Å². The van der Waals surface area contributed by atoms with Crippen LogP contribution in [0.3, 0.4) is 0 Å². The summed E-state index contributed by atoms with van der Waals surface area (Å²) < 4.78 is 5.97. The number of nitrogens with two attached hydrogens (primary N) is 1. The van der Waals surface area contributed by atoms with Crippen molar-refractivity contribution in [3.8, 4) is 0 Å². The van der Waals surface area contributed by atoms with Crippen LogP contribution >= 0.6 is 0 Å². The average Bonchev–Trinajstić information content (AvgIpc) is 2.37. The Bertz CT molecular complexity index is 292. The molecule has 116 valence electrons. The van der Waals surface area contributed by atoms with Gasteiger partial charge in [0.05, 0.1) is 6.61 Å². The van der Waals surface area contributed by atoms with Crippen molar-refractivity contribution in [2.24, 2.45) is 34.8 Å². The van der Waals surface area contributed by atoms with Crippen LogP contribution in [0.25, 0.3) is 0 Å². The van der Waals surface area contributed by atoms with Crippen LogP contribution in [0, 0.1) is 29.1 Å². The number of rotatable bonds is 7. The molecule has 0 saturated heterocycles. The van der Waals surface area contributed by atoms with E-state index < -0.39 is 0 Å². The van der Waals surface area contributed by atoms with E-state index in [-0.39, 0.29) is 6.04 Å². The molecule has 4 aliphatic rings. The average molecular weight is 279 g/mol. The molecule has 2 nitrogen and oxygen atoms in total. The van der Waals surface area contributed by atoms with E-state index in [1.54, 1.807) is 0 Å². The Labute approximate surface area is 124 Å². The van der Waals surface area contributed by atoms with Crippen molar-refractivity contribution in [3.63, 3.8) is 0 Å². The number of hydrogen-bond acceptors (Lipinski definition) is 2. The van der Waals surface area contributed by atoms with Gasteiger partial charge in [-0.15, -0.1) is 0 Å².